The van der Waals surface area contributed by atoms with Gasteiger partial charge in [-0.25, -0.2) is 8.42 Å². The molecule has 0 heterocycles. The molecule has 0 atom stereocenters. The summed E-state index contributed by atoms with van der Waals surface area (Å²) >= 11 is 11.5. The van der Waals surface area contributed by atoms with Crippen molar-refractivity contribution in [3.8, 4) is 0 Å². The molecule has 9 heteroatoms. The summed E-state index contributed by atoms with van der Waals surface area (Å²) in [6.45, 7) is -0.689. The van der Waals surface area contributed by atoms with E-state index in [-0.39, 0.29) is 28.1 Å². The van der Waals surface area contributed by atoms with Gasteiger partial charge >= 0.3 is 5.97 Å². The van der Waals surface area contributed by atoms with Crippen molar-refractivity contribution in [3.05, 3.63) is 28.2 Å². The van der Waals surface area contributed by atoms with Crippen LogP contribution < -0.4 is 0 Å². The molecule has 112 valence electrons. The summed E-state index contributed by atoms with van der Waals surface area (Å²) in [6.07, 6.45) is 0. The van der Waals surface area contributed by atoms with Crippen molar-refractivity contribution in [3.63, 3.8) is 0 Å². The van der Waals surface area contributed by atoms with Gasteiger partial charge in [0, 0.05) is 23.7 Å². The molecule has 1 aromatic rings. The minimum Gasteiger partial charge on any atom is -0.480 e. The molecule has 20 heavy (non-hydrogen) atoms. The zero-order valence-electron chi connectivity index (χ0n) is 10.5. The molecule has 0 bridgehead atoms. The number of sulfonamides is 1. The molecule has 0 unspecified atom stereocenters. The lowest BCUT2D eigenvalue weighted by Gasteiger charge is -2.20. The van der Waals surface area contributed by atoms with Gasteiger partial charge in [-0.15, -0.1) is 0 Å². The molecule has 1 aromatic carbocycles. The number of ether oxygens (including phenoxy) is 1. The highest BCUT2D eigenvalue weighted by atomic mass is 35.5. The van der Waals surface area contributed by atoms with Crippen LogP contribution in [-0.2, 0) is 19.6 Å². The quantitative estimate of drug-likeness (QED) is 0.816. The van der Waals surface area contributed by atoms with Gasteiger partial charge < -0.3 is 9.84 Å². The van der Waals surface area contributed by atoms with Crippen LogP contribution in [0.15, 0.2) is 23.1 Å². The number of aliphatic carboxylic acids is 1. The molecule has 0 aliphatic heterocycles. The number of halogens is 2. The lowest BCUT2D eigenvalue weighted by atomic mass is 10.4. The van der Waals surface area contributed by atoms with E-state index in [0.29, 0.717) is 0 Å². The van der Waals surface area contributed by atoms with E-state index in [0.717, 1.165) is 4.31 Å². The highest BCUT2D eigenvalue weighted by Crippen LogP contribution is 2.24. The average molecular weight is 342 g/mol. The van der Waals surface area contributed by atoms with Crippen LogP contribution in [0.4, 0.5) is 0 Å². The Labute approximate surface area is 126 Å². The van der Waals surface area contributed by atoms with Gasteiger partial charge in [0.1, 0.15) is 6.54 Å². The van der Waals surface area contributed by atoms with Crippen molar-refractivity contribution in [2.45, 2.75) is 4.90 Å². The average Bonchev–Trinajstić information content (AvgIpc) is 2.32. The SMILES string of the molecule is COCCN(CC(=O)O)S(=O)(=O)c1cc(Cl)cc(Cl)c1. The fourth-order valence-corrected chi connectivity index (χ4v) is 3.56. The lowest BCUT2D eigenvalue weighted by molar-refractivity contribution is -0.137. The molecular formula is C11H13Cl2NO5S. The van der Waals surface area contributed by atoms with E-state index in [2.05, 4.69) is 0 Å². The third-order valence-electron chi connectivity index (χ3n) is 2.33. The number of benzene rings is 1. The van der Waals surface area contributed by atoms with E-state index in [1.165, 1.54) is 25.3 Å². The topological polar surface area (TPSA) is 83.9 Å². The summed E-state index contributed by atoms with van der Waals surface area (Å²) in [4.78, 5) is 10.6. The second-order valence-corrected chi connectivity index (χ2v) is 6.64. The molecule has 0 saturated heterocycles. The van der Waals surface area contributed by atoms with Gasteiger partial charge in [0.05, 0.1) is 11.5 Å². The molecule has 0 amide bonds. The summed E-state index contributed by atoms with van der Waals surface area (Å²) < 4.78 is 30.3. The minimum absolute atomic E-state index is 0.0702. The second-order valence-electron chi connectivity index (χ2n) is 3.83. The van der Waals surface area contributed by atoms with Crippen molar-refractivity contribution < 1.29 is 23.1 Å². The fourth-order valence-electron chi connectivity index (χ4n) is 1.45. The van der Waals surface area contributed by atoms with Gasteiger partial charge in [-0.3, -0.25) is 4.79 Å². The maximum absolute atomic E-state index is 12.4. The van der Waals surface area contributed by atoms with Gasteiger partial charge in [-0.1, -0.05) is 23.2 Å². The highest BCUT2D eigenvalue weighted by Gasteiger charge is 2.27. The van der Waals surface area contributed by atoms with Crippen molar-refractivity contribution >= 4 is 39.2 Å². The summed E-state index contributed by atoms with van der Waals surface area (Å²) in [6, 6.07) is 3.81. The number of hydrogen-bond acceptors (Lipinski definition) is 4. The first-order valence-corrected chi connectivity index (χ1v) is 7.64. The van der Waals surface area contributed by atoms with Gasteiger partial charge in [0.25, 0.3) is 0 Å². The van der Waals surface area contributed by atoms with E-state index in [4.69, 9.17) is 33.0 Å². The van der Waals surface area contributed by atoms with Crippen molar-refractivity contribution in [2.75, 3.05) is 26.8 Å². The zero-order valence-corrected chi connectivity index (χ0v) is 12.9. The summed E-state index contributed by atoms with van der Waals surface area (Å²) in [7, 11) is -2.62. The number of methoxy groups -OCH3 is 1. The molecule has 6 nitrogen and oxygen atoms in total. The minimum atomic E-state index is -4.01. The van der Waals surface area contributed by atoms with Crippen LogP contribution in [0.5, 0.6) is 0 Å². The number of carboxylic acids is 1. The van der Waals surface area contributed by atoms with Gasteiger partial charge in [0.2, 0.25) is 10.0 Å². The van der Waals surface area contributed by atoms with E-state index < -0.39 is 22.5 Å². The Balaban J connectivity index is 3.17. The first-order valence-electron chi connectivity index (χ1n) is 5.44. The Bertz CT molecular complexity index is 570. The van der Waals surface area contributed by atoms with Gasteiger partial charge in [0.15, 0.2) is 0 Å². The van der Waals surface area contributed by atoms with Crippen LogP contribution in [0.3, 0.4) is 0 Å². The zero-order chi connectivity index (χ0) is 15.3. The summed E-state index contributed by atoms with van der Waals surface area (Å²) in [5.74, 6) is -1.27. The molecule has 0 aliphatic rings. The maximum Gasteiger partial charge on any atom is 0.318 e. The standard InChI is InChI=1S/C11H13Cl2NO5S/c1-19-3-2-14(7-11(15)16)20(17,18)10-5-8(12)4-9(13)6-10/h4-6H,2-3,7H2,1H3,(H,15,16). The van der Waals surface area contributed by atoms with Crippen LogP contribution in [0.25, 0.3) is 0 Å². The van der Waals surface area contributed by atoms with Gasteiger partial charge in [-0.2, -0.15) is 4.31 Å². The molecule has 0 radical (unpaired) electrons. The third kappa shape index (κ3) is 4.60. The monoisotopic (exact) mass is 341 g/mol. The van der Waals surface area contributed by atoms with Crippen LogP contribution in [-0.4, -0.2) is 50.6 Å². The van der Waals surface area contributed by atoms with Crippen LogP contribution in [0.1, 0.15) is 0 Å². The number of rotatable bonds is 7. The molecule has 0 spiro atoms. The number of hydrogen-bond donors (Lipinski definition) is 1. The Kier molecular flexibility index (Phi) is 6.22. The van der Waals surface area contributed by atoms with E-state index >= 15 is 0 Å². The van der Waals surface area contributed by atoms with Crippen molar-refractivity contribution in [1.29, 1.82) is 0 Å². The van der Waals surface area contributed by atoms with Gasteiger partial charge in [-0.05, 0) is 18.2 Å². The first-order chi connectivity index (χ1) is 9.27. The number of nitrogens with zero attached hydrogens (tertiary/aromatic N) is 1. The molecule has 0 aliphatic carbocycles. The molecule has 1 N–H and O–H groups in total. The molecule has 0 saturated carbocycles. The Morgan fingerprint density at radius 3 is 2.30 bits per heavy atom. The van der Waals surface area contributed by atoms with Crippen LogP contribution in [0, 0.1) is 0 Å². The predicted octanol–water partition coefficient (Wildman–Crippen LogP) is 1.72. The summed E-state index contributed by atoms with van der Waals surface area (Å²) in [5, 5.41) is 9.11. The van der Waals surface area contributed by atoms with Crippen molar-refractivity contribution in [2.24, 2.45) is 0 Å². The normalized spacial score (nSPS) is 11.8. The van der Waals surface area contributed by atoms with Crippen LogP contribution in [0.2, 0.25) is 10.0 Å². The van der Waals surface area contributed by atoms with E-state index in [1.807, 2.05) is 0 Å². The second kappa shape index (κ2) is 7.24. The fraction of sp³-hybridized carbons (Fsp3) is 0.364. The molecule has 1 rings (SSSR count). The van der Waals surface area contributed by atoms with Crippen LogP contribution >= 0.6 is 23.2 Å². The van der Waals surface area contributed by atoms with E-state index in [9.17, 15) is 13.2 Å². The third-order valence-corrected chi connectivity index (χ3v) is 4.59. The lowest BCUT2D eigenvalue weighted by Crippen LogP contribution is -2.38. The Morgan fingerprint density at radius 1 is 1.30 bits per heavy atom. The Morgan fingerprint density at radius 2 is 1.85 bits per heavy atom. The van der Waals surface area contributed by atoms with E-state index in [1.54, 1.807) is 0 Å². The molecule has 0 fully saturated rings. The first kappa shape index (κ1) is 17.2. The predicted molar refractivity (Wildman–Crippen MR) is 74.7 cm³/mol. The summed E-state index contributed by atoms with van der Waals surface area (Å²) in [5.41, 5.74) is 0. The number of carboxylic acid groups (broad SMARTS) is 1. The largest absolute Gasteiger partial charge is 0.480 e. The number of carbonyl (C=O) groups is 1. The Hall–Kier alpha value is -0.860. The van der Waals surface area contributed by atoms with Crippen molar-refractivity contribution in [1.82, 2.24) is 4.31 Å². The molecule has 0 aromatic heterocycles. The smallest absolute Gasteiger partial charge is 0.318 e. The maximum atomic E-state index is 12.4. The molecular weight excluding hydrogens is 329 g/mol. The highest BCUT2D eigenvalue weighted by molar-refractivity contribution is 7.89.